The van der Waals surface area contributed by atoms with Gasteiger partial charge in [0.2, 0.25) is 6.29 Å². The molecule has 4 fully saturated rings. The van der Waals surface area contributed by atoms with E-state index >= 15 is 0 Å². The molecule has 18 nitrogen and oxygen atoms in total. The summed E-state index contributed by atoms with van der Waals surface area (Å²) in [6.07, 6.45) is -16.2. The maximum Gasteiger partial charge on any atom is 0.229 e. The number of hydrogen-bond donors (Lipinski definition) is 3. The van der Waals surface area contributed by atoms with Crippen molar-refractivity contribution in [1.82, 2.24) is 0 Å². The molecule has 17 atom stereocenters. The lowest BCUT2D eigenvalue weighted by molar-refractivity contribution is -0.991. The molecule has 4 aliphatic heterocycles. The Morgan fingerprint density at radius 3 is 1.24 bits per heavy atom. The van der Waals surface area contributed by atoms with Gasteiger partial charge in [-0.05, 0) is 52.4 Å². The Morgan fingerprint density at radius 1 is 0.385 bits per heavy atom. The van der Waals surface area contributed by atoms with Crippen LogP contribution in [0.15, 0.2) is 237 Å². The van der Waals surface area contributed by atoms with Gasteiger partial charge in [0.1, 0.15) is 66.8 Å². The SMILES string of the molecule is C[C@@H]1O[C@@H](Oc2ccc([NH+]([O-])O)cc2)[C@H]2O[C@H](c3ccccc3)O[C@@H]2[C@@H]1O[C@H]1O[C@@H](CO)[C@@H](OCc2ccccc2)[C@@H](OCc2ccccc2)[C@H]1O[C@@H]1O[C@@H](COCc2ccccc2)[C@H](OCc2ccccc2)[C@H](OCc2ccccc2)[C@@H]1OCc1ccccc1. The summed E-state index contributed by atoms with van der Waals surface area (Å²) in [6.45, 7) is 2.36. The van der Waals surface area contributed by atoms with E-state index in [-0.39, 0.29) is 51.9 Å². The van der Waals surface area contributed by atoms with E-state index in [1.54, 1.807) is 12.1 Å². The summed E-state index contributed by atoms with van der Waals surface area (Å²) in [7, 11) is 0. The van der Waals surface area contributed by atoms with Crippen LogP contribution in [0.25, 0.3) is 0 Å². The topological polar surface area (TPSA) is 197 Å². The molecule has 4 heterocycles. The van der Waals surface area contributed by atoms with E-state index in [1.807, 2.05) is 219 Å². The number of rotatable bonds is 28. The molecule has 4 aliphatic rings. The minimum absolute atomic E-state index is 0.0437. The number of benzene rings is 8. The number of aliphatic hydroxyl groups is 1. The highest BCUT2D eigenvalue weighted by atomic mass is 16.8. The van der Waals surface area contributed by atoms with Crippen LogP contribution in [0.3, 0.4) is 0 Å². The first-order valence-corrected chi connectivity index (χ1v) is 30.9. The van der Waals surface area contributed by atoms with Crippen molar-refractivity contribution in [2.45, 2.75) is 145 Å². The van der Waals surface area contributed by atoms with Gasteiger partial charge >= 0.3 is 0 Å². The minimum atomic E-state index is -1.39. The van der Waals surface area contributed by atoms with Gasteiger partial charge in [-0.15, -0.1) is 0 Å². The van der Waals surface area contributed by atoms with Gasteiger partial charge < -0.3 is 76.6 Å². The molecule has 0 radical (unpaired) electrons. The monoisotopic (exact) mass is 1240 g/mol. The summed E-state index contributed by atoms with van der Waals surface area (Å²) in [5, 5.41) is 32.0. The van der Waals surface area contributed by atoms with Crippen molar-refractivity contribution < 1.29 is 81.9 Å². The summed E-state index contributed by atoms with van der Waals surface area (Å²) in [4.78, 5) is 0. The fourth-order valence-electron chi connectivity index (χ4n) is 11.8. The molecule has 91 heavy (non-hydrogen) atoms. The van der Waals surface area contributed by atoms with E-state index in [0.717, 1.165) is 38.9 Å². The fourth-order valence-corrected chi connectivity index (χ4v) is 11.8. The van der Waals surface area contributed by atoms with Crippen LogP contribution in [0.1, 0.15) is 52.2 Å². The zero-order valence-corrected chi connectivity index (χ0v) is 50.4. The number of nitrogens with one attached hydrogen (secondary N) is 1. The van der Waals surface area contributed by atoms with Crippen molar-refractivity contribution in [2.24, 2.45) is 0 Å². The molecule has 12 rings (SSSR count). The van der Waals surface area contributed by atoms with Crippen LogP contribution in [0.5, 0.6) is 5.75 Å². The molecular weight excluding hydrogens is 1160 g/mol. The average Bonchev–Trinajstić information content (AvgIpc) is 1.79. The first kappa shape index (κ1) is 64.0. The molecule has 0 bridgehead atoms. The molecule has 8 aromatic carbocycles. The van der Waals surface area contributed by atoms with Gasteiger partial charge in [-0.2, -0.15) is 5.23 Å². The third-order valence-electron chi connectivity index (χ3n) is 16.5. The van der Waals surface area contributed by atoms with Gasteiger partial charge in [0.15, 0.2) is 30.7 Å². The Balaban J connectivity index is 0.950. The first-order valence-electron chi connectivity index (χ1n) is 30.9. The van der Waals surface area contributed by atoms with Crippen molar-refractivity contribution in [1.29, 1.82) is 0 Å². The number of aliphatic hydroxyl groups excluding tert-OH is 1. The molecule has 0 saturated carbocycles. The maximum absolute atomic E-state index is 11.8. The number of ether oxygens (including phenoxy) is 14. The smallest absolute Gasteiger partial charge is 0.229 e. The van der Waals surface area contributed by atoms with Gasteiger partial charge in [0, 0.05) is 17.7 Å². The van der Waals surface area contributed by atoms with Crippen LogP contribution in [-0.2, 0) is 101 Å². The van der Waals surface area contributed by atoms with Crippen molar-refractivity contribution in [3.8, 4) is 5.75 Å². The quantitative estimate of drug-likeness (QED) is 0.0391. The molecule has 18 heteroatoms. The number of quaternary nitrogens is 1. The lowest BCUT2D eigenvalue weighted by atomic mass is 9.95. The summed E-state index contributed by atoms with van der Waals surface area (Å²) in [5.41, 5.74) is 6.28. The first-order chi connectivity index (χ1) is 44.8. The molecule has 3 N–H and O–H groups in total. The predicted molar refractivity (Wildman–Crippen MR) is 331 cm³/mol. The van der Waals surface area contributed by atoms with Crippen LogP contribution < -0.4 is 9.96 Å². The normalized spacial score (nSPS) is 28.4. The van der Waals surface area contributed by atoms with Crippen molar-refractivity contribution in [2.75, 3.05) is 13.2 Å². The molecule has 0 aromatic heterocycles. The molecule has 8 aromatic rings. The van der Waals surface area contributed by atoms with Gasteiger partial charge in [-0.25, -0.2) is 5.21 Å². The Bertz CT molecular complexity index is 3370. The van der Waals surface area contributed by atoms with E-state index in [4.69, 9.17) is 66.3 Å². The standard InChI is InChI=1S/C73H77NO17/c1-49-61(66-69(90-70(89-66)56-35-21-8-22-36-56)72(84-49)85-58-39-37-57(38-40-58)74(76)77)88-73-68(65(82-46-54-31-17-6-18-32-54)62(59(41-75)86-73)79-43-51-25-11-3-12-26-51)91-71-67(83-47-55-33-19-7-20-34-55)64(81-45-53-29-15-5-16-30-53)63(80-44-52-27-13-4-14-28-52)60(87-71)48-78-42-50-23-9-2-10-24-50/h2-40,49,59-76H,41-48H2,1H3/t49-,59-,60-,61+,62+,63-,64-,65+,66+,67-,68+,69-,70+,71-,72-,73+/m0/s1. The van der Waals surface area contributed by atoms with Crippen LogP contribution >= 0.6 is 0 Å². The summed E-state index contributed by atoms with van der Waals surface area (Å²) < 4.78 is 98.5. The van der Waals surface area contributed by atoms with E-state index in [9.17, 15) is 15.5 Å². The summed E-state index contributed by atoms with van der Waals surface area (Å²) in [6, 6.07) is 74.6. The summed E-state index contributed by atoms with van der Waals surface area (Å²) in [5.74, 6) is 0.348. The molecule has 1 unspecified atom stereocenters. The van der Waals surface area contributed by atoms with Gasteiger partial charge in [-0.3, -0.25) is 0 Å². The fraction of sp³-hybridized carbons (Fsp3) is 0.342. The molecule has 476 valence electrons. The highest BCUT2D eigenvalue weighted by Crippen LogP contribution is 2.44. The lowest BCUT2D eigenvalue weighted by Crippen LogP contribution is -2.99. The van der Waals surface area contributed by atoms with E-state index in [1.165, 1.54) is 12.1 Å². The van der Waals surface area contributed by atoms with Crippen LogP contribution in [0, 0.1) is 5.21 Å². The second-order valence-corrected chi connectivity index (χ2v) is 22.9. The molecule has 0 spiro atoms. The largest absolute Gasteiger partial charge is 0.595 e. The lowest BCUT2D eigenvalue weighted by Gasteiger charge is -2.51. The number of fused-ring (bicyclic) bond motifs is 1. The average molecular weight is 1240 g/mol. The Hall–Kier alpha value is -7.12. The van der Waals surface area contributed by atoms with Gasteiger partial charge in [-0.1, -0.05) is 212 Å². The van der Waals surface area contributed by atoms with Crippen LogP contribution in [0.2, 0.25) is 0 Å². The highest BCUT2D eigenvalue weighted by molar-refractivity contribution is 5.36. The van der Waals surface area contributed by atoms with Crippen molar-refractivity contribution >= 4 is 5.69 Å². The molecule has 0 amide bonds. The zero-order valence-electron chi connectivity index (χ0n) is 50.4. The van der Waals surface area contributed by atoms with E-state index < -0.39 is 110 Å². The Labute approximate surface area is 530 Å². The third-order valence-corrected chi connectivity index (χ3v) is 16.5. The molecule has 0 aliphatic carbocycles. The van der Waals surface area contributed by atoms with Gasteiger partial charge in [0.25, 0.3) is 0 Å². The Morgan fingerprint density at radius 2 is 0.769 bits per heavy atom. The predicted octanol–water partition coefficient (Wildman–Crippen LogP) is 10.1. The third kappa shape index (κ3) is 16.8. The summed E-state index contributed by atoms with van der Waals surface area (Å²) >= 11 is 0. The second-order valence-electron chi connectivity index (χ2n) is 22.9. The van der Waals surface area contributed by atoms with Crippen LogP contribution in [-0.4, -0.2) is 116 Å². The van der Waals surface area contributed by atoms with Crippen LogP contribution in [0.4, 0.5) is 5.69 Å². The molecule has 4 saturated heterocycles. The number of hydrogen-bond acceptors (Lipinski definition) is 17. The van der Waals surface area contributed by atoms with E-state index in [2.05, 4.69) is 0 Å². The second kappa shape index (κ2) is 31.9. The zero-order chi connectivity index (χ0) is 62.1. The highest BCUT2D eigenvalue weighted by Gasteiger charge is 2.59. The molecular formula is C73H77NO17. The van der Waals surface area contributed by atoms with E-state index in [0.29, 0.717) is 5.75 Å². The van der Waals surface area contributed by atoms with Crippen molar-refractivity contribution in [3.63, 3.8) is 0 Å². The Kier molecular flexibility index (Phi) is 22.5. The van der Waals surface area contributed by atoms with Gasteiger partial charge in [0.05, 0.1) is 59.0 Å². The maximum atomic E-state index is 11.8. The van der Waals surface area contributed by atoms with Crippen molar-refractivity contribution in [3.05, 3.63) is 281 Å². The minimum Gasteiger partial charge on any atom is -0.595 e.